The monoisotopic (exact) mass is 562 g/mol. The van der Waals surface area contributed by atoms with Crippen molar-refractivity contribution in [2.24, 2.45) is 17.3 Å². The average molecular weight is 564 g/mol. The maximum Gasteiger partial charge on any atom is 0.318 e. The highest BCUT2D eigenvalue weighted by molar-refractivity contribution is 6.31. The predicted molar refractivity (Wildman–Crippen MR) is 146 cm³/mol. The molecule has 2 amide bonds. The number of hydrogen-bond acceptors (Lipinski definition) is 3. The van der Waals surface area contributed by atoms with Gasteiger partial charge in [0, 0.05) is 35.2 Å². The molecule has 0 radical (unpaired) electrons. The lowest BCUT2D eigenvalue weighted by Gasteiger charge is -2.38. The van der Waals surface area contributed by atoms with Gasteiger partial charge in [0.1, 0.15) is 17.0 Å². The molecular formula is C29H34Cl2F2N4O. The summed E-state index contributed by atoms with van der Waals surface area (Å²) >= 11 is 12.3. The fraction of sp³-hybridized carbons (Fsp3) is 0.517. The van der Waals surface area contributed by atoms with Gasteiger partial charge in [0.05, 0.1) is 17.1 Å². The summed E-state index contributed by atoms with van der Waals surface area (Å²) in [6.45, 7) is 8.50. The largest absolute Gasteiger partial charge is 0.338 e. The zero-order valence-electron chi connectivity index (χ0n) is 22.0. The first-order valence-corrected chi connectivity index (χ1v) is 13.8. The molecule has 0 aromatic heterocycles. The van der Waals surface area contributed by atoms with E-state index in [1.165, 1.54) is 29.2 Å². The van der Waals surface area contributed by atoms with E-state index in [9.17, 15) is 10.1 Å². The van der Waals surface area contributed by atoms with Crippen LogP contribution in [0.5, 0.6) is 0 Å². The van der Waals surface area contributed by atoms with E-state index in [2.05, 4.69) is 16.7 Å². The first kappa shape index (κ1) is 28.6. The van der Waals surface area contributed by atoms with Crippen LogP contribution in [0.15, 0.2) is 36.4 Å². The number of nitriles is 1. The fourth-order valence-electron chi connectivity index (χ4n) is 6.09. The molecule has 0 saturated carbocycles. The van der Waals surface area contributed by atoms with Crippen molar-refractivity contribution in [3.63, 3.8) is 0 Å². The van der Waals surface area contributed by atoms with Gasteiger partial charge in [0.15, 0.2) is 0 Å². The molecule has 2 fully saturated rings. The Morgan fingerprint density at radius 2 is 1.92 bits per heavy atom. The van der Waals surface area contributed by atoms with Crippen LogP contribution < -0.4 is 10.6 Å². The summed E-state index contributed by atoms with van der Waals surface area (Å²) in [7, 11) is 0. The Kier molecular flexibility index (Phi) is 8.56. The molecule has 5 nitrogen and oxygen atoms in total. The van der Waals surface area contributed by atoms with Crippen molar-refractivity contribution in [1.82, 2.24) is 15.5 Å². The first-order valence-electron chi connectivity index (χ1n) is 13.0. The SMILES string of the molecule is CC(C)(C)C[C@@H]1CN(C(=O)NCC2CCNCC2)[C@H](c2cccc(Cl)c2F)[C@@]1(C#N)c1ccc(Cl)cc1F. The Bertz CT molecular complexity index is 1220. The quantitative estimate of drug-likeness (QED) is 0.418. The lowest BCUT2D eigenvalue weighted by Crippen LogP contribution is -2.46. The van der Waals surface area contributed by atoms with Crippen molar-refractivity contribution in [2.75, 3.05) is 26.2 Å². The van der Waals surface area contributed by atoms with Crippen molar-refractivity contribution < 1.29 is 13.6 Å². The number of likely N-dealkylation sites (tertiary alicyclic amines) is 1. The Morgan fingerprint density at radius 3 is 2.55 bits per heavy atom. The lowest BCUT2D eigenvalue weighted by atomic mass is 9.63. The molecule has 0 spiro atoms. The van der Waals surface area contributed by atoms with Crippen molar-refractivity contribution in [3.8, 4) is 6.07 Å². The van der Waals surface area contributed by atoms with E-state index in [0.29, 0.717) is 18.9 Å². The standard InChI is InChI=1S/C29H34Cl2F2N4O/c1-28(2,3)14-19-16-37(27(38)36-15-18-9-11-35-12-10-18)26(21-5-4-6-23(31)25(21)33)29(19,17-34)22-8-7-20(30)13-24(22)32/h4-8,13,18-19,26,35H,9-12,14-16H2,1-3H3,(H,36,38)/t19-,26-,29-/m1/s1. The molecule has 38 heavy (non-hydrogen) atoms. The van der Waals surface area contributed by atoms with Crippen LogP contribution in [0.1, 0.15) is 57.2 Å². The van der Waals surface area contributed by atoms with Gasteiger partial charge in [0.25, 0.3) is 0 Å². The third kappa shape index (κ3) is 5.64. The van der Waals surface area contributed by atoms with Crippen molar-refractivity contribution in [3.05, 3.63) is 69.2 Å². The summed E-state index contributed by atoms with van der Waals surface area (Å²) in [5, 5.41) is 17.3. The molecule has 0 bridgehead atoms. The van der Waals surface area contributed by atoms with Gasteiger partial charge in [-0.3, -0.25) is 0 Å². The summed E-state index contributed by atoms with van der Waals surface area (Å²) in [4.78, 5) is 15.3. The number of amides is 2. The maximum absolute atomic E-state index is 15.7. The highest BCUT2D eigenvalue weighted by Gasteiger charge is 2.60. The zero-order valence-corrected chi connectivity index (χ0v) is 23.5. The number of carbonyl (C=O) groups is 1. The second-order valence-electron chi connectivity index (χ2n) is 11.6. The maximum atomic E-state index is 15.7. The van der Waals surface area contributed by atoms with Crippen LogP contribution in [0.25, 0.3) is 0 Å². The van der Waals surface area contributed by atoms with Gasteiger partial charge in [-0.25, -0.2) is 13.6 Å². The lowest BCUT2D eigenvalue weighted by molar-refractivity contribution is 0.181. The van der Waals surface area contributed by atoms with Crippen LogP contribution in [0.2, 0.25) is 10.0 Å². The Morgan fingerprint density at radius 1 is 1.21 bits per heavy atom. The number of benzene rings is 2. The molecule has 2 saturated heterocycles. The Labute approximate surface area is 233 Å². The molecule has 9 heteroatoms. The number of halogens is 4. The normalized spacial score (nSPS) is 24.3. The third-order valence-electron chi connectivity index (χ3n) is 7.76. The van der Waals surface area contributed by atoms with Crippen LogP contribution >= 0.6 is 23.2 Å². The summed E-state index contributed by atoms with van der Waals surface area (Å²) in [5.74, 6) is -1.55. The topological polar surface area (TPSA) is 68.2 Å². The van der Waals surface area contributed by atoms with E-state index >= 15 is 8.78 Å². The number of nitrogens with one attached hydrogen (secondary N) is 2. The third-order valence-corrected chi connectivity index (χ3v) is 8.29. The van der Waals surface area contributed by atoms with Gasteiger partial charge in [-0.1, -0.05) is 62.2 Å². The van der Waals surface area contributed by atoms with Gasteiger partial charge in [-0.2, -0.15) is 5.26 Å². The van der Waals surface area contributed by atoms with Gasteiger partial charge in [-0.05, 0) is 61.9 Å². The summed E-state index contributed by atoms with van der Waals surface area (Å²) in [5.41, 5.74) is -1.66. The van der Waals surface area contributed by atoms with Crippen molar-refractivity contribution in [1.29, 1.82) is 5.26 Å². The van der Waals surface area contributed by atoms with Crippen LogP contribution in [-0.2, 0) is 5.41 Å². The van der Waals surface area contributed by atoms with E-state index in [-0.39, 0.29) is 33.1 Å². The van der Waals surface area contributed by atoms with E-state index < -0.39 is 35.0 Å². The van der Waals surface area contributed by atoms with Gasteiger partial charge in [-0.15, -0.1) is 0 Å². The number of carbonyl (C=O) groups excluding carboxylic acids is 1. The van der Waals surface area contributed by atoms with Crippen LogP contribution in [0.4, 0.5) is 13.6 Å². The Balaban J connectivity index is 1.87. The summed E-state index contributed by atoms with van der Waals surface area (Å²) < 4.78 is 31.3. The zero-order chi connectivity index (χ0) is 27.7. The van der Waals surface area contributed by atoms with E-state index in [1.807, 2.05) is 20.8 Å². The molecule has 2 N–H and O–H groups in total. The first-order chi connectivity index (χ1) is 18.0. The summed E-state index contributed by atoms with van der Waals surface area (Å²) in [6, 6.07) is 9.58. The number of piperidine rings is 1. The molecule has 2 aromatic rings. The van der Waals surface area contributed by atoms with Crippen LogP contribution in [-0.4, -0.2) is 37.1 Å². The van der Waals surface area contributed by atoms with Crippen LogP contribution in [0.3, 0.4) is 0 Å². The average Bonchev–Trinajstić information content (AvgIpc) is 3.17. The minimum atomic E-state index is -1.58. The second-order valence-corrected chi connectivity index (χ2v) is 12.5. The highest BCUT2D eigenvalue weighted by Crippen LogP contribution is 2.56. The fourth-order valence-corrected chi connectivity index (χ4v) is 6.43. The number of rotatable bonds is 5. The minimum Gasteiger partial charge on any atom is -0.338 e. The number of urea groups is 1. The molecule has 4 rings (SSSR count). The van der Waals surface area contributed by atoms with Crippen LogP contribution in [0, 0.1) is 40.2 Å². The smallest absolute Gasteiger partial charge is 0.318 e. The minimum absolute atomic E-state index is 0.0850. The molecule has 204 valence electrons. The molecule has 2 aliphatic heterocycles. The second kappa shape index (κ2) is 11.4. The van der Waals surface area contributed by atoms with Crippen molar-refractivity contribution >= 4 is 29.2 Å². The Hall–Kier alpha value is -2.40. The molecular weight excluding hydrogens is 529 g/mol. The molecule has 0 unspecified atom stereocenters. The number of hydrogen-bond donors (Lipinski definition) is 2. The predicted octanol–water partition coefficient (Wildman–Crippen LogP) is 6.85. The molecule has 2 heterocycles. The highest BCUT2D eigenvalue weighted by atomic mass is 35.5. The number of nitrogens with zero attached hydrogens (tertiary/aromatic N) is 2. The van der Waals surface area contributed by atoms with E-state index in [1.54, 1.807) is 6.07 Å². The van der Waals surface area contributed by atoms with Gasteiger partial charge < -0.3 is 15.5 Å². The molecule has 2 aromatic carbocycles. The molecule has 3 atom stereocenters. The summed E-state index contributed by atoms with van der Waals surface area (Å²) in [6.07, 6.45) is 2.38. The molecule has 2 aliphatic rings. The van der Waals surface area contributed by atoms with E-state index in [0.717, 1.165) is 32.0 Å². The van der Waals surface area contributed by atoms with Gasteiger partial charge in [0.2, 0.25) is 0 Å². The van der Waals surface area contributed by atoms with Crippen molar-refractivity contribution in [2.45, 2.75) is 51.5 Å². The van der Waals surface area contributed by atoms with E-state index in [4.69, 9.17) is 23.2 Å². The van der Waals surface area contributed by atoms with Gasteiger partial charge >= 0.3 is 6.03 Å². The molecule has 0 aliphatic carbocycles.